The van der Waals surface area contributed by atoms with Crippen LogP contribution in [0.1, 0.15) is 53.9 Å². The number of hydrogen-bond donors (Lipinski definition) is 2. The zero-order valence-electron chi connectivity index (χ0n) is 12.0. The van der Waals surface area contributed by atoms with Gasteiger partial charge in [-0.25, -0.2) is 0 Å². The van der Waals surface area contributed by atoms with Crippen molar-refractivity contribution in [3.05, 3.63) is 11.6 Å². The van der Waals surface area contributed by atoms with Crippen molar-refractivity contribution in [2.24, 2.45) is 5.41 Å². The van der Waals surface area contributed by atoms with Crippen LogP contribution in [-0.2, 0) is 9.59 Å². The minimum atomic E-state index is -0.887. The van der Waals surface area contributed by atoms with Gasteiger partial charge in [0.1, 0.15) is 0 Å². The van der Waals surface area contributed by atoms with Crippen LogP contribution in [0.5, 0.6) is 0 Å². The van der Waals surface area contributed by atoms with Gasteiger partial charge in [-0.15, -0.1) is 0 Å². The van der Waals surface area contributed by atoms with Crippen molar-refractivity contribution in [1.82, 2.24) is 5.32 Å². The van der Waals surface area contributed by atoms with Gasteiger partial charge in [-0.2, -0.15) is 0 Å². The van der Waals surface area contributed by atoms with Gasteiger partial charge in [0.25, 0.3) is 0 Å². The van der Waals surface area contributed by atoms with Gasteiger partial charge in [-0.05, 0) is 25.2 Å². The summed E-state index contributed by atoms with van der Waals surface area (Å²) in [5.74, 6) is -1.06. The number of amides is 1. The number of rotatable bonds is 6. The maximum atomic E-state index is 11.8. The highest BCUT2D eigenvalue weighted by atomic mass is 16.4. The summed E-state index contributed by atoms with van der Waals surface area (Å²) in [5.41, 5.74) is 0.622. The highest BCUT2D eigenvalue weighted by Gasteiger charge is 2.22. The molecule has 0 spiro atoms. The lowest BCUT2D eigenvalue weighted by Crippen LogP contribution is -2.39. The molecule has 0 aliphatic carbocycles. The molecule has 0 bridgehead atoms. The number of carbonyl (C=O) groups is 2. The predicted octanol–water partition coefficient (Wildman–Crippen LogP) is 2.74. The number of allylic oxidation sites excluding steroid dienone is 1. The van der Waals surface area contributed by atoms with E-state index in [1.165, 1.54) is 0 Å². The SMILES string of the molecule is CC/C=C(/C)C(=O)NC(CC(=O)O)CC(C)(C)C. The van der Waals surface area contributed by atoms with Gasteiger partial charge in [0, 0.05) is 11.6 Å². The minimum Gasteiger partial charge on any atom is -0.481 e. The fourth-order valence-corrected chi connectivity index (χ4v) is 1.82. The molecule has 2 N–H and O–H groups in total. The van der Waals surface area contributed by atoms with Crippen LogP contribution in [0.15, 0.2) is 11.6 Å². The first-order valence-electron chi connectivity index (χ1n) is 6.35. The smallest absolute Gasteiger partial charge is 0.305 e. The molecule has 1 unspecified atom stereocenters. The molecular formula is C14H25NO3. The Labute approximate surface area is 109 Å². The Balaban J connectivity index is 4.64. The van der Waals surface area contributed by atoms with Crippen molar-refractivity contribution in [2.75, 3.05) is 0 Å². The molecule has 0 fully saturated rings. The summed E-state index contributed by atoms with van der Waals surface area (Å²) in [7, 11) is 0. The molecule has 0 saturated carbocycles. The van der Waals surface area contributed by atoms with Crippen LogP contribution in [0.4, 0.5) is 0 Å². The van der Waals surface area contributed by atoms with E-state index in [0.29, 0.717) is 12.0 Å². The first-order chi connectivity index (χ1) is 8.15. The highest BCUT2D eigenvalue weighted by Crippen LogP contribution is 2.22. The highest BCUT2D eigenvalue weighted by molar-refractivity contribution is 5.93. The van der Waals surface area contributed by atoms with Gasteiger partial charge in [-0.1, -0.05) is 33.8 Å². The van der Waals surface area contributed by atoms with Crippen molar-refractivity contribution in [3.63, 3.8) is 0 Å². The molecule has 4 nitrogen and oxygen atoms in total. The summed E-state index contributed by atoms with van der Waals surface area (Å²) < 4.78 is 0. The maximum Gasteiger partial charge on any atom is 0.305 e. The number of carbonyl (C=O) groups excluding carboxylic acids is 1. The molecule has 0 saturated heterocycles. The Morgan fingerprint density at radius 2 is 1.89 bits per heavy atom. The van der Waals surface area contributed by atoms with E-state index in [1.807, 2.05) is 33.8 Å². The second kappa shape index (κ2) is 7.19. The lowest BCUT2D eigenvalue weighted by molar-refractivity contribution is -0.137. The van der Waals surface area contributed by atoms with Gasteiger partial charge >= 0.3 is 5.97 Å². The van der Waals surface area contributed by atoms with E-state index in [-0.39, 0.29) is 23.8 Å². The molecule has 0 heterocycles. The number of carboxylic acid groups (broad SMARTS) is 1. The van der Waals surface area contributed by atoms with Crippen molar-refractivity contribution in [2.45, 2.75) is 59.9 Å². The molecular weight excluding hydrogens is 230 g/mol. The molecule has 0 aromatic rings. The number of aliphatic carboxylic acids is 1. The summed E-state index contributed by atoms with van der Waals surface area (Å²) in [6.07, 6.45) is 3.24. The van der Waals surface area contributed by atoms with Crippen LogP contribution < -0.4 is 5.32 Å². The van der Waals surface area contributed by atoms with Gasteiger partial charge in [0.2, 0.25) is 5.91 Å². The molecule has 0 aliphatic rings. The Morgan fingerprint density at radius 1 is 1.33 bits per heavy atom. The quantitative estimate of drug-likeness (QED) is 0.717. The van der Waals surface area contributed by atoms with Crippen LogP contribution in [0.2, 0.25) is 0 Å². The van der Waals surface area contributed by atoms with E-state index >= 15 is 0 Å². The monoisotopic (exact) mass is 255 g/mol. The second-order valence-corrected chi connectivity index (χ2v) is 5.83. The van der Waals surface area contributed by atoms with Crippen molar-refractivity contribution < 1.29 is 14.7 Å². The molecule has 0 aromatic carbocycles. The van der Waals surface area contributed by atoms with E-state index < -0.39 is 5.97 Å². The molecule has 18 heavy (non-hydrogen) atoms. The zero-order chi connectivity index (χ0) is 14.3. The van der Waals surface area contributed by atoms with Crippen LogP contribution >= 0.6 is 0 Å². The Bertz CT molecular complexity index is 326. The topological polar surface area (TPSA) is 66.4 Å². The normalized spacial score (nSPS) is 14.2. The number of nitrogens with one attached hydrogen (secondary N) is 1. The lowest BCUT2D eigenvalue weighted by atomic mass is 9.87. The molecule has 1 amide bonds. The standard InChI is InChI=1S/C14H25NO3/c1-6-7-10(2)13(18)15-11(8-12(16)17)9-14(3,4)5/h7,11H,6,8-9H2,1-5H3,(H,15,18)(H,16,17)/b10-7-. The molecule has 0 aromatic heterocycles. The van der Waals surface area contributed by atoms with Gasteiger partial charge in [-0.3, -0.25) is 9.59 Å². The minimum absolute atomic E-state index is 0.0181. The largest absolute Gasteiger partial charge is 0.481 e. The third kappa shape index (κ3) is 7.87. The summed E-state index contributed by atoms with van der Waals surface area (Å²) >= 11 is 0. The van der Waals surface area contributed by atoms with Crippen molar-refractivity contribution in [3.8, 4) is 0 Å². The first-order valence-corrected chi connectivity index (χ1v) is 6.35. The zero-order valence-corrected chi connectivity index (χ0v) is 12.0. The number of hydrogen-bond acceptors (Lipinski definition) is 2. The Hall–Kier alpha value is -1.32. The third-order valence-corrected chi connectivity index (χ3v) is 2.48. The first kappa shape index (κ1) is 16.7. The summed E-state index contributed by atoms with van der Waals surface area (Å²) in [5, 5.41) is 11.7. The van der Waals surface area contributed by atoms with Crippen LogP contribution in [-0.4, -0.2) is 23.0 Å². The Morgan fingerprint density at radius 3 is 2.28 bits per heavy atom. The van der Waals surface area contributed by atoms with Crippen molar-refractivity contribution in [1.29, 1.82) is 0 Å². The van der Waals surface area contributed by atoms with Crippen LogP contribution in [0.3, 0.4) is 0 Å². The van der Waals surface area contributed by atoms with E-state index in [4.69, 9.17) is 5.11 Å². The van der Waals surface area contributed by atoms with E-state index in [2.05, 4.69) is 5.32 Å². The average Bonchev–Trinajstić information content (AvgIpc) is 2.13. The fraction of sp³-hybridized carbons (Fsp3) is 0.714. The van der Waals surface area contributed by atoms with E-state index in [9.17, 15) is 9.59 Å². The predicted molar refractivity (Wildman–Crippen MR) is 72.3 cm³/mol. The van der Waals surface area contributed by atoms with Crippen LogP contribution in [0.25, 0.3) is 0 Å². The molecule has 104 valence electrons. The molecule has 0 radical (unpaired) electrons. The summed E-state index contributed by atoms with van der Waals surface area (Å²) in [6, 6.07) is -0.324. The Kier molecular flexibility index (Phi) is 6.66. The van der Waals surface area contributed by atoms with E-state index in [1.54, 1.807) is 6.92 Å². The lowest BCUT2D eigenvalue weighted by Gasteiger charge is -2.26. The number of carboxylic acids is 1. The van der Waals surface area contributed by atoms with Crippen molar-refractivity contribution >= 4 is 11.9 Å². The van der Waals surface area contributed by atoms with Gasteiger partial charge < -0.3 is 10.4 Å². The summed E-state index contributed by atoms with van der Waals surface area (Å²) in [6.45, 7) is 9.79. The van der Waals surface area contributed by atoms with Gasteiger partial charge in [0.05, 0.1) is 6.42 Å². The average molecular weight is 255 g/mol. The molecule has 0 aliphatic heterocycles. The van der Waals surface area contributed by atoms with Gasteiger partial charge in [0.15, 0.2) is 0 Å². The molecule has 0 rings (SSSR count). The fourth-order valence-electron chi connectivity index (χ4n) is 1.82. The van der Waals surface area contributed by atoms with E-state index in [0.717, 1.165) is 6.42 Å². The molecule has 1 atom stereocenters. The second-order valence-electron chi connectivity index (χ2n) is 5.83. The summed E-state index contributed by atoms with van der Waals surface area (Å²) in [4.78, 5) is 22.6. The van der Waals surface area contributed by atoms with Crippen LogP contribution in [0, 0.1) is 5.41 Å². The molecule has 4 heteroatoms. The third-order valence-electron chi connectivity index (χ3n) is 2.48. The maximum absolute atomic E-state index is 11.8.